The fraction of sp³-hybridized carbons (Fsp3) is 0.357. The minimum Gasteiger partial charge on any atom is -0.462 e. The van der Waals surface area contributed by atoms with Crippen LogP contribution in [0.3, 0.4) is 0 Å². The summed E-state index contributed by atoms with van der Waals surface area (Å²) in [6.07, 6.45) is 12.1. The number of carbonyl (C=O) groups is 1. The van der Waals surface area contributed by atoms with Crippen LogP contribution < -0.4 is 5.32 Å². The second kappa shape index (κ2) is 6.10. The lowest BCUT2D eigenvalue weighted by Gasteiger charge is -2.18. The van der Waals surface area contributed by atoms with Gasteiger partial charge in [0.25, 0.3) is 0 Å². The zero-order chi connectivity index (χ0) is 12.8. The molecular formula is C14H17NO3. The average molecular weight is 247 g/mol. The summed E-state index contributed by atoms with van der Waals surface area (Å²) in [5.74, 6) is 1.45. The highest BCUT2D eigenvalue weighted by Gasteiger charge is 2.13. The molecule has 1 aliphatic carbocycles. The lowest BCUT2D eigenvalue weighted by atomic mass is 10.0. The molecule has 0 saturated carbocycles. The zero-order valence-corrected chi connectivity index (χ0v) is 10.4. The second-order valence-electron chi connectivity index (χ2n) is 4.19. The predicted octanol–water partition coefficient (Wildman–Crippen LogP) is 2.52. The van der Waals surface area contributed by atoms with Gasteiger partial charge < -0.3 is 14.8 Å². The van der Waals surface area contributed by atoms with Crippen LogP contribution in [0.5, 0.6) is 0 Å². The topological polar surface area (TPSA) is 47.6 Å². The number of amides is 1. The fourth-order valence-electron chi connectivity index (χ4n) is 1.75. The Kier molecular flexibility index (Phi) is 4.23. The Balaban J connectivity index is 1.81. The molecule has 0 bridgehead atoms. The van der Waals surface area contributed by atoms with E-state index in [0.717, 1.165) is 29.9 Å². The lowest BCUT2D eigenvalue weighted by Crippen LogP contribution is -2.21. The molecule has 0 saturated heterocycles. The van der Waals surface area contributed by atoms with E-state index in [9.17, 15) is 4.79 Å². The molecule has 18 heavy (non-hydrogen) atoms. The number of allylic oxidation sites excluding steroid dienone is 4. The van der Waals surface area contributed by atoms with Gasteiger partial charge in [-0.05, 0) is 18.4 Å². The molecule has 0 aromatic carbocycles. The molecule has 1 heterocycles. The van der Waals surface area contributed by atoms with Crippen molar-refractivity contribution in [3.8, 4) is 0 Å². The Morgan fingerprint density at radius 1 is 1.39 bits per heavy atom. The van der Waals surface area contributed by atoms with Crippen LogP contribution in [-0.2, 0) is 14.3 Å². The van der Waals surface area contributed by atoms with E-state index in [1.807, 2.05) is 12.2 Å². The van der Waals surface area contributed by atoms with Gasteiger partial charge in [0.05, 0.1) is 0 Å². The van der Waals surface area contributed by atoms with Gasteiger partial charge >= 0.3 is 0 Å². The minimum atomic E-state index is -0.0392. The van der Waals surface area contributed by atoms with Crippen LogP contribution in [0.4, 0.5) is 0 Å². The van der Waals surface area contributed by atoms with Crippen molar-refractivity contribution in [3.63, 3.8) is 0 Å². The summed E-state index contributed by atoms with van der Waals surface area (Å²) in [6, 6.07) is 0. The molecule has 0 radical (unpaired) electrons. The van der Waals surface area contributed by atoms with Gasteiger partial charge in [0, 0.05) is 19.9 Å². The van der Waals surface area contributed by atoms with Gasteiger partial charge in [-0.25, -0.2) is 0 Å². The number of rotatable bonds is 4. The van der Waals surface area contributed by atoms with E-state index in [0.29, 0.717) is 13.0 Å². The molecule has 1 N–H and O–H groups in total. The fourth-order valence-corrected chi connectivity index (χ4v) is 1.75. The molecule has 2 rings (SSSR count). The van der Waals surface area contributed by atoms with Crippen molar-refractivity contribution in [1.82, 2.24) is 5.32 Å². The molecule has 0 fully saturated rings. The molecule has 0 aromatic rings. The standard InChI is InChI=1S/C14H17NO3/c1-11(16)15-8-7-13-9-18-14(10-17-13)12-5-3-2-4-6-12/h2-3,5,9-10H,4,6-8H2,1H3,(H,15,16). The summed E-state index contributed by atoms with van der Waals surface area (Å²) in [5.41, 5.74) is 1.15. The highest BCUT2D eigenvalue weighted by Crippen LogP contribution is 2.25. The molecule has 4 heteroatoms. The predicted molar refractivity (Wildman–Crippen MR) is 68.1 cm³/mol. The van der Waals surface area contributed by atoms with E-state index >= 15 is 0 Å². The Morgan fingerprint density at radius 2 is 2.28 bits per heavy atom. The maximum atomic E-state index is 10.7. The number of hydrogen-bond donors (Lipinski definition) is 1. The molecule has 2 aliphatic rings. The van der Waals surface area contributed by atoms with Crippen molar-refractivity contribution in [3.05, 3.63) is 47.8 Å². The van der Waals surface area contributed by atoms with E-state index in [-0.39, 0.29) is 5.91 Å². The Hall–Kier alpha value is -1.97. The molecule has 0 spiro atoms. The Labute approximate surface area is 107 Å². The first-order chi connectivity index (χ1) is 8.75. The molecule has 1 amide bonds. The third kappa shape index (κ3) is 3.52. The van der Waals surface area contributed by atoms with Crippen LogP contribution in [0.1, 0.15) is 26.2 Å². The maximum Gasteiger partial charge on any atom is 0.216 e. The molecule has 0 unspecified atom stereocenters. The molecule has 1 aliphatic heterocycles. The van der Waals surface area contributed by atoms with Crippen LogP contribution in [0.25, 0.3) is 0 Å². The summed E-state index contributed by atoms with van der Waals surface area (Å²) in [4.78, 5) is 10.7. The van der Waals surface area contributed by atoms with E-state index < -0.39 is 0 Å². The van der Waals surface area contributed by atoms with E-state index in [2.05, 4.69) is 11.4 Å². The third-order valence-electron chi connectivity index (χ3n) is 2.71. The molecule has 4 nitrogen and oxygen atoms in total. The van der Waals surface area contributed by atoms with E-state index in [1.54, 1.807) is 12.5 Å². The summed E-state index contributed by atoms with van der Waals surface area (Å²) >= 11 is 0. The van der Waals surface area contributed by atoms with Gasteiger partial charge in [-0.2, -0.15) is 0 Å². The van der Waals surface area contributed by atoms with Crippen LogP contribution in [0, 0.1) is 0 Å². The lowest BCUT2D eigenvalue weighted by molar-refractivity contribution is -0.118. The SMILES string of the molecule is CC(=O)NCCC1=COC(C2=CC=CCC2)=CO1. The number of ether oxygens (including phenoxy) is 2. The monoisotopic (exact) mass is 247 g/mol. The van der Waals surface area contributed by atoms with Gasteiger partial charge in [-0.15, -0.1) is 0 Å². The third-order valence-corrected chi connectivity index (χ3v) is 2.71. The average Bonchev–Trinajstić information content (AvgIpc) is 2.40. The normalized spacial score (nSPS) is 17.9. The zero-order valence-electron chi connectivity index (χ0n) is 10.4. The quantitative estimate of drug-likeness (QED) is 0.830. The van der Waals surface area contributed by atoms with Crippen molar-refractivity contribution < 1.29 is 14.3 Å². The smallest absolute Gasteiger partial charge is 0.216 e. The van der Waals surface area contributed by atoms with Crippen LogP contribution in [-0.4, -0.2) is 12.5 Å². The number of nitrogens with one attached hydrogen (secondary N) is 1. The first-order valence-electron chi connectivity index (χ1n) is 6.09. The Morgan fingerprint density at radius 3 is 2.89 bits per heavy atom. The second-order valence-corrected chi connectivity index (χ2v) is 4.19. The van der Waals surface area contributed by atoms with Crippen LogP contribution >= 0.6 is 0 Å². The van der Waals surface area contributed by atoms with Crippen molar-refractivity contribution in [2.75, 3.05) is 6.54 Å². The van der Waals surface area contributed by atoms with Crippen LogP contribution in [0.15, 0.2) is 47.8 Å². The Bertz CT molecular complexity index is 444. The van der Waals surface area contributed by atoms with Crippen molar-refractivity contribution in [2.45, 2.75) is 26.2 Å². The van der Waals surface area contributed by atoms with Crippen molar-refractivity contribution in [1.29, 1.82) is 0 Å². The highest BCUT2D eigenvalue weighted by atomic mass is 16.5. The molecule has 96 valence electrons. The summed E-state index contributed by atoms with van der Waals surface area (Å²) in [7, 11) is 0. The van der Waals surface area contributed by atoms with Gasteiger partial charge in [0.1, 0.15) is 18.3 Å². The van der Waals surface area contributed by atoms with Gasteiger partial charge in [0.2, 0.25) is 5.91 Å². The first kappa shape index (κ1) is 12.5. The molecular weight excluding hydrogens is 230 g/mol. The summed E-state index contributed by atoms with van der Waals surface area (Å²) in [5, 5.41) is 2.71. The van der Waals surface area contributed by atoms with Crippen LogP contribution in [0.2, 0.25) is 0 Å². The van der Waals surface area contributed by atoms with Crippen molar-refractivity contribution >= 4 is 5.91 Å². The number of carbonyl (C=O) groups excluding carboxylic acids is 1. The maximum absolute atomic E-state index is 10.7. The molecule has 0 aromatic heterocycles. The van der Waals surface area contributed by atoms with E-state index in [4.69, 9.17) is 9.47 Å². The van der Waals surface area contributed by atoms with Gasteiger partial charge in [-0.1, -0.05) is 18.2 Å². The summed E-state index contributed by atoms with van der Waals surface area (Å²) < 4.78 is 11.0. The van der Waals surface area contributed by atoms with E-state index in [1.165, 1.54) is 6.92 Å². The largest absolute Gasteiger partial charge is 0.462 e. The number of hydrogen-bond acceptors (Lipinski definition) is 3. The van der Waals surface area contributed by atoms with Gasteiger partial charge in [-0.3, -0.25) is 4.79 Å². The summed E-state index contributed by atoms with van der Waals surface area (Å²) in [6.45, 7) is 2.05. The highest BCUT2D eigenvalue weighted by molar-refractivity contribution is 5.72. The van der Waals surface area contributed by atoms with Crippen molar-refractivity contribution in [2.24, 2.45) is 0 Å². The molecule has 0 atom stereocenters. The van der Waals surface area contributed by atoms with Gasteiger partial charge in [0.15, 0.2) is 5.76 Å². The minimum absolute atomic E-state index is 0.0392. The first-order valence-corrected chi connectivity index (χ1v) is 6.09.